The Balaban J connectivity index is 1.80. The molecule has 0 bridgehead atoms. The molecular formula is C23H29N5. The standard InChI is InChI=1S/C23H29N5/c1-22(2)14-8-15-23(3,4)28(22)27(5)21-18(13-16-24-26-21)20-12-11-17-9-6-7-10-19(17)25-20/h6-7,9-13,16H,8,14-15H2,1-5H3. The highest BCUT2D eigenvalue weighted by molar-refractivity contribution is 5.83. The molecule has 0 unspecified atom stereocenters. The molecule has 146 valence electrons. The molecule has 3 heterocycles. The Bertz CT molecular complexity index is 979. The van der Waals surface area contributed by atoms with E-state index < -0.39 is 0 Å². The first-order valence-corrected chi connectivity index (χ1v) is 10.0. The molecule has 0 radical (unpaired) electrons. The summed E-state index contributed by atoms with van der Waals surface area (Å²) in [5, 5.41) is 14.5. The van der Waals surface area contributed by atoms with Crippen molar-refractivity contribution >= 4 is 16.7 Å². The zero-order chi connectivity index (χ0) is 19.9. The number of hydrogen-bond donors (Lipinski definition) is 0. The van der Waals surface area contributed by atoms with Gasteiger partial charge in [-0.05, 0) is 65.2 Å². The monoisotopic (exact) mass is 375 g/mol. The SMILES string of the molecule is CN(c1nnccc1-c1ccc2ccccc2n1)N1C(C)(C)CCCC1(C)C. The Morgan fingerprint density at radius 1 is 0.929 bits per heavy atom. The Labute approximate surface area is 167 Å². The van der Waals surface area contributed by atoms with E-state index in [1.165, 1.54) is 6.42 Å². The molecule has 1 saturated heterocycles. The van der Waals surface area contributed by atoms with Gasteiger partial charge in [0.25, 0.3) is 0 Å². The van der Waals surface area contributed by atoms with Crippen molar-refractivity contribution in [3.63, 3.8) is 0 Å². The van der Waals surface area contributed by atoms with Crippen LogP contribution >= 0.6 is 0 Å². The van der Waals surface area contributed by atoms with Gasteiger partial charge in [0.1, 0.15) is 0 Å². The zero-order valence-electron chi connectivity index (χ0n) is 17.5. The molecule has 0 amide bonds. The van der Waals surface area contributed by atoms with Gasteiger partial charge in [-0.15, -0.1) is 5.10 Å². The first-order valence-electron chi connectivity index (χ1n) is 10.0. The molecule has 1 aliphatic heterocycles. The van der Waals surface area contributed by atoms with E-state index in [1.54, 1.807) is 6.20 Å². The largest absolute Gasteiger partial charge is 0.290 e. The first kappa shape index (κ1) is 18.8. The lowest BCUT2D eigenvalue weighted by Crippen LogP contribution is -2.65. The van der Waals surface area contributed by atoms with Crippen LogP contribution in [0.25, 0.3) is 22.2 Å². The maximum atomic E-state index is 4.89. The zero-order valence-corrected chi connectivity index (χ0v) is 17.5. The minimum absolute atomic E-state index is 0.0438. The van der Waals surface area contributed by atoms with Crippen molar-refractivity contribution in [2.75, 3.05) is 12.1 Å². The van der Waals surface area contributed by atoms with Crippen molar-refractivity contribution in [3.8, 4) is 11.3 Å². The number of rotatable bonds is 3. The summed E-state index contributed by atoms with van der Waals surface area (Å²) in [4.78, 5) is 4.89. The van der Waals surface area contributed by atoms with Crippen LogP contribution in [-0.4, -0.2) is 38.3 Å². The number of piperidine rings is 1. The van der Waals surface area contributed by atoms with Gasteiger partial charge in [0.05, 0.1) is 17.4 Å². The summed E-state index contributed by atoms with van der Waals surface area (Å²) in [6.45, 7) is 9.26. The molecule has 0 N–H and O–H groups in total. The van der Waals surface area contributed by atoms with Gasteiger partial charge in [-0.3, -0.25) is 5.01 Å². The minimum Gasteiger partial charge on any atom is -0.290 e. The molecule has 0 atom stereocenters. The number of pyridine rings is 1. The summed E-state index contributed by atoms with van der Waals surface area (Å²) in [7, 11) is 2.10. The van der Waals surface area contributed by atoms with E-state index in [2.05, 4.69) is 73.2 Å². The molecular weight excluding hydrogens is 346 g/mol. The molecule has 0 aliphatic carbocycles. The summed E-state index contributed by atoms with van der Waals surface area (Å²) in [6.07, 6.45) is 5.30. The van der Waals surface area contributed by atoms with Gasteiger partial charge < -0.3 is 0 Å². The molecule has 1 fully saturated rings. The van der Waals surface area contributed by atoms with Gasteiger partial charge in [-0.2, -0.15) is 5.10 Å². The van der Waals surface area contributed by atoms with E-state index in [1.807, 2.05) is 24.3 Å². The smallest absolute Gasteiger partial charge is 0.174 e. The third-order valence-electron chi connectivity index (χ3n) is 5.91. The van der Waals surface area contributed by atoms with Crippen molar-refractivity contribution in [2.24, 2.45) is 0 Å². The maximum Gasteiger partial charge on any atom is 0.174 e. The second-order valence-electron chi connectivity index (χ2n) is 8.97. The maximum absolute atomic E-state index is 4.89. The Morgan fingerprint density at radius 3 is 2.39 bits per heavy atom. The number of anilines is 1. The molecule has 0 spiro atoms. The van der Waals surface area contributed by atoms with Gasteiger partial charge in [0.15, 0.2) is 5.82 Å². The highest BCUT2D eigenvalue weighted by Crippen LogP contribution is 2.41. The van der Waals surface area contributed by atoms with Crippen molar-refractivity contribution in [3.05, 3.63) is 48.7 Å². The quantitative estimate of drug-likeness (QED) is 0.638. The summed E-state index contributed by atoms with van der Waals surface area (Å²) >= 11 is 0. The molecule has 1 aliphatic rings. The van der Waals surface area contributed by atoms with Crippen LogP contribution in [0.3, 0.4) is 0 Å². The molecule has 3 aromatic rings. The van der Waals surface area contributed by atoms with E-state index >= 15 is 0 Å². The molecule has 2 aromatic heterocycles. The highest BCUT2D eigenvalue weighted by Gasteiger charge is 2.44. The fraction of sp³-hybridized carbons (Fsp3) is 0.435. The molecule has 0 saturated carbocycles. The van der Waals surface area contributed by atoms with Gasteiger partial charge in [-0.25, -0.2) is 9.99 Å². The predicted molar refractivity (Wildman–Crippen MR) is 115 cm³/mol. The number of nitrogens with zero attached hydrogens (tertiary/aromatic N) is 5. The number of hydrogen-bond acceptors (Lipinski definition) is 5. The van der Waals surface area contributed by atoms with Crippen molar-refractivity contribution in [1.29, 1.82) is 0 Å². The van der Waals surface area contributed by atoms with Crippen molar-refractivity contribution in [1.82, 2.24) is 20.2 Å². The van der Waals surface area contributed by atoms with Crippen LogP contribution in [0.4, 0.5) is 5.82 Å². The average Bonchev–Trinajstić information content (AvgIpc) is 2.66. The van der Waals surface area contributed by atoms with Crippen LogP contribution in [0.1, 0.15) is 47.0 Å². The van der Waals surface area contributed by atoms with Crippen molar-refractivity contribution in [2.45, 2.75) is 58.0 Å². The summed E-state index contributed by atoms with van der Waals surface area (Å²) < 4.78 is 0. The Morgan fingerprint density at radius 2 is 1.64 bits per heavy atom. The summed E-state index contributed by atoms with van der Waals surface area (Å²) in [6, 6.07) is 14.4. The van der Waals surface area contributed by atoms with E-state index in [9.17, 15) is 0 Å². The lowest BCUT2D eigenvalue weighted by molar-refractivity contribution is -0.0331. The third-order valence-corrected chi connectivity index (χ3v) is 5.91. The van der Waals surface area contributed by atoms with Crippen LogP contribution in [-0.2, 0) is 0 Å². The van der Waals surface area contributed by atoms with Gasteiger partial charge in [0.2, 0.25) is 0 Å². The van der Waals surface area contributed by atoms with Gasteiger partial charge in [-0.1, -0.05) is 24.3 Å². The lowest BCUT2D eigenvalue weighted by atomic mass is 9.81. The fourth-order valence-electron chi connectivity index (χ4n) is 4.87. The van der Waals surface area contributed by atoms with Crippen LogP contribution in [0.2, 0.25) is 0 Å². The number of aromatic nitrogens is 3. The van der Waals surface area contributed by atoms with Crippen LogP contribution in [0, 0.1) is 0 Å². The molecule has 5 nitrogen and oxygen atoms in total. The van der Waals surface area contributed by atoms with E-state index in [0.29, 0.717) is 0 Å². The van der Waals surface area contributed by atoms with Gasteiger partial charge in [0, 0.05) is 29.1 Å². The highest BCUT2D eigenvalue weighted by atomic mass is 15.7. The number of hydrazine groups is 1. The normalized spacial score (nSPS) is 18.9. The summed E-state index contributed by atoms with van der Waals surface area (Å²) in [5.74, 6) is 0.841. The molecule has 4 rings (SSSR count). The number of fused-ring (bicyclic) bond motifs is 1. The second kappa shape index (κ2) is 6.82. The molecule has 5 heteroatoms. The Kier molecular flexibility index (Phi) is 4.58. The van der Waals surface area contributed by atoms with E-state index in [4.69, 9.17) is 4.98 Å². The lowest BCUT2D eigenvalue weighted by Gasteiger charge is -2.56. The minimum atomic E-state index is 0.0438. The number of benzene rings is 1. The summed E-state index contributed by atoms with van der Waals surface area (Å²) in [5.41, 5.74) is 3.00. The number of para-hydroxylation sites is 1. The van der Waals surface area contributed by atoms with E-state index in [-0.39, 0.29) is 11.1 Å². The van der Waals surface area contributed by atoms with Crippen molar-refractivity contribution < 1.29 is 0 Å². The molecule has 28 heavy (non-hydrogen) atoms. The second-order valence-corrected chi connectivity index (χ2v) is 8.97. The van der Waals surface area contributed by atoms with E-state index in [0.717, 1.165) is 40.8 Å². The fourth-order valence-corrected chi connectivity index (χ4v) is 4.87. The molecule has 1 aromatic carbocycles. The Hall–Kier alpha value is -2.53. The average molecular weight is 376 g/mol. The first-order chi connectivity index (χ1) is 13.3. The van der Waals surface area contributed by atoms with Crippen LogP contribution in [0.5, 0.6) is 0 Å². The third kappa shape index (κ3) is 3.24. The van der Waals surface area contributed by atoms with Gasteiger partial charge >= 0.3 is 0 Å². The topological polar surface area (TPSA) is 45.2 Å². The van der Waals surface area contributed by atoms with Crippen LogP contribution < -0.4 is 5.01 Å². The predicted octanol–water partition coefficient (Wildman–Crippen LogP) is 5.09. The van der Waals surface area contributed by atoms with Crippen LogP contribution in [0.15, 0.2) is 48.7 Å².